The van der Waals surface area contributed by atoms with Crippen LogP contribution in [0.2, 0.25) is 0 Å². The van der Waals surface area contributed by atoms with E-state index in [9.17, 15) is 9.18 Å². The number of anilines is 2. The van der Waals surface area contributed by atoms with Gasteiger partial charge in [-0.3, -0.25) is 9.89 Å². The van der Waals surface area contributed by atoms with E-state index in [2.05, 4.69) is 37.0 Å². The van der Waals surface area contributed by atoms with Gasteiger partial charge in [-0.15, -0.1) is 0 Å². The Hall–Kier alpha value is -4.08. The van der Waals surface area contributed by atoms with Gasteiger partial charge in [0.05, 0.1) is 18.4 Å². The largest absolute Gasteiger partial charge is 0.349 e. The molecule has 0 aliphatic heterocycles. The van der Waals surface area contributed by atoms with Gasteiger partial charge < -0.3 is 10.6 Å². The van der Waals surface area contributed by atoms with Gasteiger partial charge in [-0.05, 0) is 62.9 Å². The van der Waals surface area contributed by atoms with Crippen LogP contribution in [0.25, 0.3) is 5.82 Å². The maximum Gasteiger partial charge on any atom is 0.223 e. The number of H-pyrrole nitrogens is 1. The van der Waals surface area contributed by atoms with Crippen LogP contribution in [0, 0.1) is 25.6 Å². The fourth-order valence-corrected chi connectivity index (χ4v) is 4.28. The molecule has 0 bridgehead atoms. The van der Waals surface area contributed by atoms with Gasteiger partial charge >= 0.3 is 0 Å². The standard InChI is InChI=1S/C25H27FN8O/c1-14-6-21(30-22(7-14)31-23-8-15(2)32-33-23)18-9-19(10-18)25(35)29-16(3)17-4-5-24(27-11-17)34-13-20(26)12-28-34/h4-8,11-13,16,18-19H,9-10H2,1-3H3,(H,29,35)(H2,30,31,32,33)/t16-,18-,19-/m0/s1. The van der Waals surface area contributed by atoms with Crippen LogP contribution in [0.1, 0.15) is 54.2 Å². The number of carbonyl (C=O) groups is 1. The molecular formula is C25H27FN8O. The molecule has 35 heavy (non-hydrogen) atoms. The number of nitrogens with zero attached hydrogens (tertiary/aromatic N) is 5. The van der Waals surface area contributed by atoms with Crippen LogP contribution in [0.4, 0.5) is 16.0 Å². The highest BCUT2D eigenvalue weighted by molar-refractivity contribution is 5.80. The number of amides is 1. The van der Waals surface area contributed by atoms with Crippen molar-refractivity contribution >= 4 is 17.5 Å². The summed E-state index contributed by atoms with van der Waals surface area (Å²) in [6.07, 6.45) is 5.60. The Morgan fingerprint density at radius 3 is 2.66 bits per heavy atom. The van der Waals surface area contributed by atoms with Crippen LogP contribution in [0.5, 0.6) is 0 Å². The van der Waals surface area contributed by atoms with Crippen molar-refractivity contribution in [1.29, 1.82) is 0 Å². The maximum absolute atomic E-state index is 13.2. The van der Waals surface area contributed by atoms with Gasteiger partial charge in [0, 0.05) is 35.5 Å². The van der Waals surface area contributed by atoms with Crippen molar-refractivity contribution in [1.82, 2.24) is 35.3 Å². The van der Waals surface area contributed by atoms with Crippen molar-refractivity contribution in [2.45, 2.75) is 45.6 Å². The number of halogens is 1. The second kappa shape index (κ2) is 9.28. The highest BCUT2D eigenvalue weighted by Gasteiger charge is 2.36. The highest BCUT2D eigenvalue weighted by Crippen LogP contribution is 2.42. The lowest BCUT2D eigenvalue weighted by Crippen LogP contribution is -2.39. The van der Waals surface area contributed by atoms with Crippen LogP contribution in [0.15, 0.2) is 48.9 Å². The smallest absolute Gasteiger partial charge is 0.223 e. The molecular weight excluding hydrogens is 447 g/mol. The SMILES string of the molecule is Cc1cc(Nc2cc(C)[nH]n2)nc([C@H]2C[C@H](C(=O)N[C@@H](C)c3ccc(-n4cc(F)cn4)nc3)C2)c1. The zero-order chi connectivity index (χ0) is 24.5. The van der Waals surface area contributed by atoms with Crippen molar-refractivity contribution in [2.24, 2.45) is 5.92 Å². The van der Waals surface area contributed by atoms with Gasteiger partial charge in [0.1, 0.15) is 5.82 Å². The number of hydrogen-bond donors (Lipinski definition) is 3. The normalized spacial score (nSPS) is 18.1. The number of nitrogens with one attached hydrogen (secondary N) is 3. The van der Waals surface area contributed by atoms with Gasteiger partial charge in [0.15, 0.2) is 17.5 Å². The topological polar surface area (TPSA) is 113 Å². The van der Waals surface area contributed by atoms with Gasteiger partial charge in [-0.1, -0.05) is 6.07 Å². The van der Waals surface area contributed by atoms with Gasteiger partial charge in [0.25, 0.3) is 0 Å². The summed E-state index contributed by atoms with van der Waals surface area (Å²) < 4.78 is 14.5. The van der Waals surface area contributed by atoms with Crippen LogP contribution < -0.4 is 10.6 Å². The number of aryl methyl sites for hydroxylation is 2. The summed E-state index contributed by atoms with van der Waals surface area (Å²) in [7, 11) is 0. The molecule has 0 spiro atoms. The Kier molecular flexibility index (Phi) is 6.02. The van der Waals surface area contributed by atoms with E-state index in [4.69, 9.17) is 4.98 Å². The van der Waals surface area contributed by atoms with E-state index in [1.807, 2.05) is 39.0 Å². The molecule has 0 saturated heterocycles. The minimum Gasteiger partial charge on any atom is -0.349 e. The minimum atomic E-state index is -0.420. The van der Waals surface area contributed by atoms with Crippen molar-refractivity contribution in [3.8, 4) is 5.82 Å². The van der Waals surface area contributed by atoms with Crippen molar-refractivity contribution in [3.05, 3.63) is 77.3 Å². The van der Waals surface area contributed by atoms with E-state index in [0.717, 1.165) is 53.2 Å². The maximum atomic E-state index is 13.2. The number of carbonyl (C=O) groups excluding carboxylic acids is 1. The van der Waals surface area contributed by atoms with Crippen LogP contribution in [-0.2, 0) is 4.79 Å². The summed E-state index contributed by atoms with van der Waals surface area (Å²) in [4.78, 5) is 21.9. The van der Waals surface area contributed by atoms with Crippen molar-refractivity contribution in [3.63, 3.8) is 0 Å². The minimum absolute atomic E-state index is 0.0324. The molecule has 3 N–H and O–H groups in total. The number of aromatic amines is 1. The molecule has 0 unspecified atom stereocenters. The first kappa shape index (κ1) is 22.7. The molecule has 10 heteroatoms. The molecule has 1 aliphatic carbocycles. The first-order valence-corrected chi connectivity index (χ1v) is 11.6. The average Bonchev–Trinajstić information content (AvgIpc) is 3.40. The molecule has 1 atom stereocenters. The summed E-state index contributed by atoms with van der Waals surface area (Å²) in [6.45, 7) is 5.91. The van der Waals surface area contributed by atoms with Gasteiger partial charge in [-0.2, -0.15) is 10.2 Å². The van der Waals surface area contributed by atoms with Crippen LogP contribution in [0.3, 0.4) is 0 Å². The van der Waals surface area contributed by atoms with Crippen LogP contribution in [-0.4, -0.2) is 35.9 Å². The average molecular weight is 475 g/mol. The quantitative estimate of drug-likeness (QED) is 0.369. The molecule has 1 fully saturated rings. The second-order valence-corrected chi connectivity index (χ2v) is 9.16. The molecule has 0 aromatic carbocycles. The summed E-state index contributed by atoms with van der Waals surface area (Å²) >= 11 is 0. The van der Waals surface area contributed by atoms with E-state index in [1.54, 1.807) is 12.3 Å². The Morgan fingerprint density at radius 2 is 2.00 bits per heavy atom. The number of aromatic nitrogens is 6. The third kappa shape index (κ3) is 5.06. The lowest BCUT2D eigenvalue weighted by Gasteiger charge is -2.35. The number of rotatable bonds is 7. The van der Waals surface area contributed by atoms with Crippen LogP contribution >= 0.6 is 0 Å². The Bertz CT molecular complexity index is 1340. The Morgan fingerprint density at radius 1 is 1.17 bits per heavy atom. The predicted molar refractivity (Wildman–Crippen MR) is 129 cm³/mol. The number of hydrogen-bond acceptors (Lipinski definition) is 6. The highest BCUT2D eigenvalue weighted by atomic mass is 19.1. The third-order valence-corrected chi connectivity index (χ3v) is 6.29. The molecule has 4 aromatic rings. The second-order valence-electron chi connectivity index (χ2n) is 9.16. The fraction of sp³-hybridized carbons (Fsp3) is 0.320. The van der Waals surface area contributed by atoms with E-state index < -0.39 is 5.82 Å². The molecule has 4 heterocycles. The molecule has 9 nitrogen and oxygen atoms in total. The monoisotopic (exact) mass is 474 g/mol. The Labute approximate surface area is 202 Å². The fourth-order valence-electron chi connectivity index (χ4n) is 4.28. The molecule has 5 rings (SSSR count). The summed E-state index contributed by atoms with van der Waals surface area (Å²) in [5.74, 6) is 1.81. The first-order valence-electron chi connectivity index (χ1n) is 11.6. The molecule has 0 radical (unpaired) electrons. The number of pyridine rings is 2. The van der Waals surface area contributed by atoms with Gasteiger partial charge in [-0.25, -0.2) is 19.0 Å². The lowest BCUT2D eigenvalue weighted by molar-refractivity contribution is -0.128. The summed E-state index contributed by atoms with van der Waals surface area (Å²) in [5.41, 5.74) is 3.95. The predicted octanol–water partition coefficient (Wildman–Crippen LogP) is 4.26. The zero-order valence-corrected chi connectivity index (χ0v) is 19.8. The van der Waals surface area contributed by atoms with Crippen molar-refractivity contribution < 1.29 is 9.18 Å². The molecule has 1 aliphatic rings. The lowest BCUT2D eigenvalue weighted by atomic mass is 9.72. The van der Waals surface area contributed by atoms with E-state index in [1.165, 1.54) is 10.9 Å². The summed E-state index contributed by atoms with van der Waals surface area (Å²) in [6, 6.07) is 9.42. The van der Waals surface area contributed by atoms with E-state index in [-0.39, 0.29) is 23.8 Å². The Balaban J connectivity index is 1.16. The molecule has 180 valence electrons. The molecule has 1 saturated carbocycles. The third-order valence-electron chi connectivity index (χ3n) is 6.29. The van der Waals surface area contributed by atoms with Gasteiger partial charge in [0.2, 0.25) is 5.91 Å². The summed E-state index contributed by atoms with van der Waals surface area (Å²) in [5, 5.41) is 17.4. The molecule has 4 aromatic heterocycles. The molecule has 1 amide bonds. The first-order chi connectivity index (χ1) is 16.8. The van der Waals surface area contributed by atoms with E-state index in [0.29, 0.717) is 5.82 Å². The zero-order valence-electron chi connectivity index (χ0n) is 19.8. The van der Waals surface area contributed by atoms with E-state index >= 15 is 0 Å². The van der Waals surface area contributed by atoms with Crippen molar-refractivity contribution in [2.75, 3.05) is 5.32 Å².